The molecule has 5 heteroatoms. The van der Waals surface area contributed by atoms with Crippen molar-refractivity contribution < 1.29 is 14.2 Å². The minimum absolute atomic E-state index is 0.0740. The second-order valence-corrected chi connectivity index (χ2v) is 4.62. The van der Waals surface area contributed by atoms with Crippen molar-refractivity contribution in [1.82, 2.24) is 4.98 Å². The lowest BCUT2D eigenvalue weighted by molar-refractivity contribution is 0.299. The van der Waals surface area contributed by atoms with Crippen LogP contribution in [0.25, 0.3) is 11.3 Å². The van der Waals surface area contributed by atoms with Gasteiger partial charge in [-0.15, -0.1) is 11.3 Å². The van der Waals surface area contributed by atoms with Crippen LogP contribution in [0.2, 0.25) is 0 Å². The van der Waals surface area contributed by atoms with Gasteiger partial charge in [-0.05, 0) is 25.1 Å². The van der Waals surface area contributed by atoms with E-state index in [4.69, 9.17) is 9.84 Å². The normalized spacial score (nSPS) is 10.6. The van der Waals surface area contributed by atoms with Crippen molar-refractivity contribution >= 4 is 11.3 Å². The second-order valence-electron chi connectivity index (χ2n) is 3.68. The highest BCUT2D eigenvalue weighted by atomic mass is 32.1. The molecule has 3 nitrogen and oxygen atoms in total. The van der Waals surface area contributed by atoms with Gasteiger partial charge in [-0.3, -0.25) is 0 Å². The van der Waals surface area contributed by atoms with Gasteiger partial charge in [0.2, 0.25) is 0 Å². The summed E-state index contributed by atoms with van der Waals surface area (Å²) < 4.78 is 18.8. The Labute approximate surface area is 109 Å². The first kappa shape index (κ1) is 13.0. The van der Waals surface area contributed by atoms with Crippen molar-refractivity contribution in [2.24, 2.45) is 0 Å². The summed E-state index contributed by atoms with van der Waals surface area (Å²) in [5.41, 5.74) is 1.45. The topological polar surface area (TPSA) is 42.4 Å². The molecule has 1 heterocycles. The zero-order valence-corrected chi connectivity index (χ0v) is 10.8. The van der Waals surface area contributed by atoms with E-state index >= 15 is 0 Å². The first-order valence-electron chi connectivity index (χ1n) is 5.72. The molecule has 0 aliphatic carbocycles. The van der Waals surface area contributed by atoms with E-state index in [-0.39, 0.29) is 18.2 Å². The van der Waals surface area contributed by atoms with Crippen LogP contribution in [0.4, 0.5) is 4.39 Å². The summed E-state index contributed by atoms with van der Waals surface area (Å²) in [5, 5.41) is 11.5. The molecule has 0 amide bonds. The Hall–Kier alpha value is -1.46. The van der Waals surface area contributed by atoms with Gasteiger partial charge in [0.1, 0.15) is 0 Å². The highest BCUT2D eigenvalue weighted by Crippen LogP contribution is 2.26. The third-order valence-corrected chi connectivity index (χ3v) is 3.31. The molecule has 0 fully saturated rings. The van der Waals surface area contributed by atoms with E-state index in [0.29, 0.717) is 13.0 Å². The number of nitrogens with zero attached hydrogens (tertiary/aromatic N) is 1. The zero-order valence-electron chi connectivity index (χ0n) is 10.0. The van der Waals surface area contributed by atoms with E-state index in [9.17, 15) is 4.39 Å². The Morgan fingerprint density at radius 2 is 2.28 bits per heavy atom. The average molecular weight is 267 g/mol. The molecule has 1 aromatic carbocycles. The van der Waals surface area contributed by atoms with Crippen molar-refractivity contribution in [3.63, 3.8) is 0 Å². The Kier molecular flexibility index (Phi) is 4.28. The highest BCUT2D eigenvalue weighted by Gasteiger charge is 2.08. The minimum atomic E-state index is -0.383. The van der Waals surface area contributed by atoms with Crippen molar-refractivity contribution in [3.8, 4) is 17.0 Å². The summed E-state index contributed by atoms with van der Waals surface area (Å²) in [7, 11) is 0. The number of rotatable bonds is 5. The van der Waals surface area contributed by atoms with Crippen molar-refractivity contribution in [1.29, 1.82) is 0 Å². The molecular formula is C13H14FNO2S. The smallest absolute Gasteiger partial charge is 0.165 e. The number of hydrogen-bond acceptors (Lipinski definition) is 4. The number of benzene rings is 1. The predicted molar refractivity (Wildman–Crippen MR) is 69.5 cm³/mol. The molecule has 0 radical (unpaired) electrons. The molecule has 1 N–H and O–H groups in total. The molecular weight excluding hydrogens is 253 g/mol. The Morgan fingerprint density at radius 1 is 1.44 bits per heavy atom. The first-order valence-corrected chi connectivity index (χ1v) is 6.60. The third kappa shape index (κ3) is 2.86. The fourth-order valence-electron chi connectivity index (χ4n) is 1.59. The van der Waals surface area contributed by atoms with Gasteiger partial charge in [-0.2, -0.15) is 0 Å². The van der Waals surface area contributed by atoms with Crippen LogP contribution in [0.3, 0.4) is 0 Å². The Bertz CT molecular complexity index is 527. The third-order valence-electron chi connectivity index (χ3n) is 2.40. The predicted octanol–water partition coefficient (Wildman–Crippen LogP) is 2.88. The van der Waals surface area contributed by atoms with E-state index in [1.165, 1.54) is 17.4 Å². The molecule has 0 atom stereocenters. The Balaban J connectivity index is 2.24. The number of aliphatic hydroxyl groups is 1. The van der Waals surface area contributed by atoms with Crippen molar-refractivity contribution in [3.05, 3.63) is 34.4 Å². The largest absolute Gasteiger partial charge is 0.491 e. The fourth-order valence-corrected chi connectivity index (χ4v) is 2.38. The van der Waals surface area contributed by atoms with E-state index in [1.54, 1.807) is 12.1 Å². The lowest BCUT2D eigenvalue weighted by Gasteiger charge is -2.05. The van der Waals surface area contributed by atoms with Gasteiger partial charge < -0.3 is 9.84 Å². The van der Waals surface area contributed by atoms with Crippen LogP contribution in [0.5, 0.6) is 5.75 Å². The molecule has 2 aromatic rings. The van der Waals surface area contributed by atoms with Crippen molar-refractivity contribution in [2.45, 2.75) is 13.3 Å². The molecule has 0 bridgehead atoms. The molecule has 0 unspecified atom stereocenters. The zero-order chi connectivity index (χ0) is 13.0. The van der Waals surface area contributed by atoms with Crippen LogP contribution < -0.4 is 4.74 Å². The van der Waals surface area contributed by atoms with Crippen LogP contribution in [-0.2, 0) is 6.42 Å². The molecule has 0 aliphatic rings. The maximum atomic E-state index is 13.7. The summed E-state index contributed by atoms with van der Waals surface area (Å²) in [6, 6.07) is 4.81. The van der Waals surface area contributed by atoms with E-state index in [2.05, 4.69) is 4.98 Å². The number of thiazole rings is 1. The number of aromatic nitrogens is 1. The molecule has 96 valence electrons. The lowest BCUT2D eigenvalue weighted by atomic mass is 10.1. The summed E-state index contributed by atoms with van der Waals surface area (Å²) in [4.78, 5) is 4.34. The monoisotopic (exact) mass is 267 g/mol. The van der Waals surface area contributed by atoms with Crippen LogP contribution >= 0.6 is 11.3 Å². The standard InChI is InChI=1S/C13H14FNO2S/c1-2-17-12-4-3-9(7-10(12)14)11-8-18-13(15-11)5-6-16/h3-4,7-8,16H,2,5-6H2,1H3. The number of aliphatic hydroxyl groups excluding tert-OH is 1. The molecule has 0 aliphatic heterocycles. The number of hydrogen-bond donors (Lipinski definition) is 1. The molecule has 2 rings (SSSR count). The minimum Gasteiger partial charge on any atom is -0.491 e. The lowest BCUT2D eigenvalue weighted by Crippen LogP contribution is -1.95. The van der Waals surface area contributed by atoms with Gasteiger partial charge in [0.15, 0.2) is 11.6 Å². The first-order chi connectivity index (χ1) is 8.74. The maximum Gasteiger partial charge on any atom is 0.165 e. The summed E-state index contributed by atoms with van der Waals surface area (Å²) in [5.74, 6) is -0.127. The van der Waals surface area contributed by atoms with Gasteiger partial charge in [-0.1, -0.05) is 0 Å². The molecule has 0 saturated heterocycles. The maximum absolute atomic E-state index is 13.7. The van der Waals surface area contributed by atoms with E-state index < -0.39 is 0 Å². The van der Waals surface area contributed by atoms with Crippen molar-refractivity contribution in [2.75, 3.05) is 13.2 Å². The molecule has 0 spiro atoms. The van der Waals surface area contributed by atoms with Gasteiger partial charge in [-0.25, -0.2) is 9.37 Å². The highest BCUT2D eigenvalue weighted by molar-refractivity contribution is 7.09. The van der Waals surface area contributed by atoms with E-state index in [0.717, 1.165) is 16.3 Å². The summed E-state index contributed by atoms with van der Waals surface area (Å²) in [6.45, 7) is 2.33. The fraction of sp³-hybridized carbons (Fsp3) is 0.308. The second kappa shape index (κ2) is 5.93. The molecule has 18 heavy (non-hydrogen) atoms. The van der Waals surface area contributed by atoms with Crippen LogP contribution in [0.15, 0.2) is 23.6 Å². The van der Waals surface area contributed by atoms with E-state index in [1.807, 2.05) is 12.3 Å². The van der Waals surface area contributed by atoms with Gasteiger partial charge in [0.25, 0.3) is 0 Å². The number of halogens is 1. The summed E-state index contributed by atoms with van der Waals surface area (Å²) in [6.07, 6.45) is 0.532. The average Bonchev–Trinajstić information content (AvgIpc) is 2.81. The quantitative estimate of drug-likeness (QED) is 0.905. The molecule has 0 saturated carbocycles. The Morgan fingerprint density at radius 3 is 2.94 bits per heavy atom. The van der Waals surface area contributed by atoms with Gasteiger partial charge in [0.05, 0.1) is 17.3 Å². The van der Waals surface area contributed by atoms with Gasteiger partial charge >= 0.3 is 0 Å². The summed E-state index contributed by atoms with van der Waals surface area (Å²) >= 11 is 1.46. The van der Waals surface area contributed by atoms with Crippen LogP contribution in [0.1, 0.15) is 11.9 Å². The van der Waals surface area contributed by atoms with Gasteiger partial charge in [0, 0.05) is 24.0 Å². The SMILES string of the molecule is CCOc1ccc(-c2csc(CCO)n2)cc1F. The van der Waals surface area contributed by atoms with Crippen LogP contribution in [-0.4, -0.2) is 23.3 Å². The number of ether oxygens (including phenoxy) is 1. The molecule has 1 aromatic heterocycles. The van der Waals surface area contributed by atoms with Crippen LogP contribution in [0, 0.1) is 5.82 Å².